The largest absolute Gasteiger partial charge is 0.332 e. The molecule has 0 spiro atoms. The Kier molecular flexibility index (Phi) is 3.91. The van der Waals surface area contributed by atoms with E-state index >= 15 is 0 Å². The lowest BCUT2D eigenvalue weighted by molar-refractivity contribution is -0.135. The molecule has 1 unspecified atom stereocenters. The molecular formula is C11H13F4N. The van der Waals surface area contributed by atoms with Gasteiger partial charge in [0.25, 0.3) is 0 Å². The highest BCUT2D eigenvalue weighted by atomic mass is 19.3. The van der Waals surface area contributed by atoms with E-state index in [1.165, 1.54) is 18.2 Å². The molecule has 1 atom stereocenters. The highest BCUT2D eigenvalue weighted by Gasteiger charge is 2.43. The van der Waals surface area contributed by atoms with E-state index in [0.717, 1.165) is 6.07 Å². The molecule has 0 aliphatic rings. The first-order valence-electron chi connectivity index (χ1n) is 4.85. The number of hydrogen-bond donors (Lipinski definition) is 1. The Bertz CT molecular complexity index is 350. The molecule has 90 valence electrons. The lowest BCUT2D eigenvalue weighted by Gasteiger charge is -2.19. The molecule has 1 aromatic carbocycles. The summed E-state index contributed by atoms with van der Waals surface area (Å²) in [6.45, 7) is 1.64. The first kappa shape index (κ1) is 13.0. The maximum atomic E-state index is 13.2. The predicted octanol–water partition coefficient (Wildman–Crippen LogP) is 2.93. The van der Waals surface area contributed by atoms with Crippen LogP contribution < -0.4 is 5.73 Å². The second-order valence-electron chi connectivity index (χ2n) is 3.76. The molecule has 0 amide bonds. The number of halogens is 4. The summed E-state index contributed by atoms with van der Waals surface area (Å²) in [5.41, 5.74) is 5.01. The Morgan fingerprint density at radius 3 is 2.31 bits per heavy atom. The quantitative estimate of drug-likeness (QED) is 0.798. The van der Waals surface area contributed by atoms with Crippen molar-refractivity contribution in [3.05, 3.63) is 35.4 Å². The van der Waals surface area contributed by atoms with E-state index in [-0.39, 0.29) is 18.0 Å². The number of hydrogen-bond acceptors (Lipinski definition) is 1. The van der Waals surface area contributed by atoms with Gasteiger partial charge in [0.2, 0.25) is 0 Å². The molecule has 0 bridgehead atoms. The van der Waals surface area contributed by atoms with Gasteiger partial charge in [-0.15, -0.1) is 0 Å². The van der Waals surface area contributed by atoms with Crippen LogP contribution >= 0.6 is 0 Å². The van der Waals surface area contributed by atoms with E-state index in [4.69, 9.17) is 5.73 Å². The fourth-order valence-electron chi connectivity index (χ4n) is 1.49. The van der Waals surface area contributed by atoms with Gasteiger partial charge in [0, 0.05) is 11.6 Å². The maximum absolute atomic E-state index is 13.2. The molecule has 1 aromatic rings. The fraction of sp³-hybridized carbons (Fsp3) is 0.455. The van der Waals surface area contributed by atoms with Gasteiger partial charge in [0.15, 0.2) is 0 Å². The summed E-state index contributed by atoms with van der Waals surface area (Å²) in [6.07, 6.45) is -3.56. The van der Waals surface area contributed by atoms with Crippen LogP contribution in [-0.4, -0.2) is 12.5 Å². The van der Waals surface area contributed by atoms with E-state index in [2.05, 4.69) is 0 Å². The molecular weight excluding hydrogens is 222 g/mol. The first-order chi connectivity index (χ1) is 7.35. The van der Waals surface area contributed by atoms with Crippen molar-refractivity contribution in [3.63, 3.8) is 0 Å². The molecule has 1 rings (SSSR count). The summed E-state index contributed by atoms with van der Waals surface area (Å²) in [6, 6.07) is 4.91. The lowest BCUT2D eigenvalue weighted by Crippen LogP contribution is -2.27. The Labute approximate surface area is 91.3 Å². The molecule has 5 heteroatoms. The average Bonchev–Trinajstić information content (AvgIpc) is 2.17. The number of rotatable bonds is 4. The number of benzene rings is 1. The molecule has 0 saturated heterocycles. The highest BCUT2D eigenvalue weighted by molar-refractivity contribution is 5.32. The van der Waals surface area contributed by atoms with Crippen molar-refractivity contribution in [3.8, 4) is 0 Å². The van der Waals surface area contributed by atoms with Crippen LogP contribution in [0.1, 0.15) is 18.1 Å². The smallest absolute Gasteiger partial charge is 0.328 e. The van der Waals surface area contributed by atoms with E-state index in [0.29, 0.717) is 0 Å². The van der Waals surface area contributed by atoms with Crippen molar-refractivity contribution >= 4 is 0 Å². The van der Waals surface area contributed by atoms with Gasteiger partial charge >= 0.3 is 12.3 Å². The van der Waals surface area contributed by atoms with Crippen molar-refractivity contribution < 1.29 is 17.6 Å². The molecule has 1 nitrogen and oxygen atoms in total. The van der Waals surface area contributed by atoms with Crippen molar-refractivity contribution in [2.75, 3.05) is 0 Å². The Balaban J connectivity index is 3.12. The predicted molar refractivity (Wildman–Crippen MR) is 53.7 cm³/mol. The molecule has 0 aromatic heterocycles. The third-order valence-electron chi connectivity index (χ3n) is 2.19. The van der Waals surface area contributed by atoms with Gasteiger partial charge in [-0.05, 0) is 18.9 Å². The van der Waals surface area contributed by atoms with Crippen LogP contribution in [0.3, 0.4) is 0 Å². The van der Waals surface area contributed by atoms with Crippen molar-refractivity contribution in [1.82, 2.24) is 0 Å². The minimum Gasteiger partial charge on any atom is -0.328 e. The molecule has 0 heterocycles. The van der Waals surface area contributed by atoms with Crippen LogP contribution in [-0.2, 0) is 12.3 Å². The number of nitrogens with two attached hydrogens (primary N) is 1. The van der Waals surface area contributed by atoms with E-state index in [1.54, 1.807) is 6.92 Å². The van der Waals surface area contributed by atoms with E-state index < -0.39 is 17.9 Å². The summed E-state index contributed by atoms with van der Waals surface area (Å²) in [4.78, 5) is 0. The normalized spacial score (nSPS) is 14.2. The molecule has 16 heavy (non-hydrogen) atoms. The van der Waals surface area contributed by atoms with Crippen LogP contribution in [0.5, 0.6) is 0 Å². The summed E-state index contributed by atoms with van der Waals surface area (Å²) in [5, 5.41) is 0. The van der Waals surface area contributed by atoms with Gasteiger partial charge in [0.05, 0.1) is 0 Å². The Hall–Kier alpha value is -1.10. The van der Waals surface area contributed by atoms with Gasteiger partial charge < -0.3 is 5.73 Å². The van der Waals surface area contributed by atoms with Crippen LogP contribution in [0.15, 0.2) is 24.3 Å². The highest BCUT2D eigenvalue weighted by Crippen LogP contribution is 2.36. The summed E-state index contributed by atoms with van der Waals surface area (Å²) < 4.78 is 50.9. The summed E-state index contributed by atoms with van der Waals surface area (Å²) >= 11 is 0. The zero-order chi connectivity index (χ0) is 12.3. The minimum absolute atomic E-state index is 0.151. The van der Waals surface area contributed by atoms with Crippen molar-refractivity contribution in [1.29, 1.82) is 0 Å². The SMILES string of the molecule is CC(N)Cc1ccccc1C(F)(F)C(F)F. The first-order valence-corrected chi connectivity index (χ1v) is 4.85. The molecule has 0 aliphatic carbocycles. The van der Waals surface area contributed by atoms with Crippen molar-refractivity contribution in [2.24, 2.45) is 5.73 Å². The summed E-state index contributed by atoms with van der Waals surface area (Å²) in [5.74, 6) is -4.12. The van der Waals surface area contributed by atoms with Crippen LogP contribution in [0, 0.1) is 0 Å². The standard InChI is InChI=1S/C11H13F4N/c1-7(16)6-8-4-2-3-5-9(8)11(14,15)10(12)13/h2-5,7,10H,6,16H2,1H3. The molecule has 0 aliphatic heterocycles. The fourth-order valence-corrected chi connectivity index (χ4v) is 1.49. The Morgan fingerprint density at radius 1 is 1.25 bits per heavy atom. The molecule has 0 fully saturated rings. The second kappa shape index (κ2) is 4.82. The van der Waals surface area contributed by atoms with Crippen LogP contribution in [0.4, 0.5) is 17.6 Å². The van der Waals surface area contributed by atoms with Crippen LogP contribution in [0.2, 0.25) is 0 Å². The Morgan fingerprint density at radius 2 is 1.81 bits per heavy atom. The lowest BCUT2D eigenvalue weighted by atomic mass is 9.97. The zero-order valence-corrected chi connectivity index (χ0v) is 8.76. The zero-order valence-electron chi connectivity index (χ0n) is 8.76. The second-order valence-corrected chi connectivity index (χ2v) is 3.76. The number of alkyl halides is 4. The third-order valence-corrected chi connectivity index (χ3v) is 2.19. The van der Waals surface area contributed by atoms with E-state index in [9.17, 15) is 17.6 Å². The van der Waals surface area contributed by atoms with Gasteiger partial charge in [-0.1, -0.05) is 24.3 Å². The molecule has 0 radical (unpaired) electrons. The summed E-state index contributed by atoms with van der Waals surface area (Å²) in [7, 11) is 0. The van der Waals surface area contributed by atoms with E-state index in [1.807, 2.05) is 0 Å². The monoisotopic (exact) mass is 235 g/mol. The average molecular weight is 235 g/mol. The van der Waals surface area contributed by atoms with Gasteiger partial charge in [0.1, 0.15) is 0 Å². The third kappa shape index (κ3) is 2.72. The molecule has 0 saturated carbocycles. The van der Waals surface area contributed by atoms with Gasteiger partial charge in [-0.2, -0.15) is 8.78 Å². The topological polar surface area (TPSA) is 26.0 Å². The van der Waals surface area contributed by atoms with Crippen LogP contribution in [0.25, 0.3) is 0 Å². The van der Waals surface area contributed by atoms with Gasteiger partial charge in [-0.3, -0.25) is 0 Å². The minimum atomic E-state index is -4.12. The maximum Gasteiger partial charge on any atom is 0.332 e. The van der Waals surface area contributed by atoms with Crippen molar-refractivity contribution in [2.45, 2.75) is 31.7 Å². The van der Waals surface area contributed by atoms with Gasteiger partial charge in [-0.25, -0.2) is 8.78 Å². The molecule has 2 N–H and O–H groups in total.